The zero-order valence-corrected chi connectivity index (χ0v) is 9.05. The third-order valence-corrected chi connectivity index (χ3v) is 3.79. The summed E-state index contributed by atoms with van der Waals surface area (Å²) in [7, 11) is 0. The second-order valence-electron chi connectivity index (χ2n) is 5.13. The van der Waals surface area contributed by atoms with E-state index in [0.29, 0.717) is 0 Å². The van der Waals surface area contributed by atoms with Crippen molar-refractivity contribution in [1.29, 1.82) is 0 Å². The van der Waals surface area contributed by atoms with Gasteiger partial charge in [-0.3, -0.25) is 0 Å². The number of aldehydes is 1. The van der Waals surface area contributed by atoms with Crippen LogP contribution in [-0.4, -0.2) is 17.5 Å². The fraction of sp³-hybridized carbons (Fsp3) is 0.917. The predicted molar refractivity (Wildman–Crippen MR) is 55.2 cm³/mol. The second-order valence-corrected chi connectivity index (χ2v) is 5.13. The number of carbonyl (C=O) groups excluding carboxylic acids is 1. The van der Waals surface area contributed by atoms with Gasteiger partial charge in [-0.2, -0.15) is 0 Å². The molecule has 80 valence electrons. The molecule has 1 atom stereocenters. The first-order valence-electron chi connectivity index (χ1n) is 5.85. The Hall–Kier alpha value is -0.370. The van der Waals surface area contributed by atoms with Gasteiger partial charge in [0.25, 0.3) is 0 Å². The van der Waals surface area contributed by atoms with Crippen molar-refractivity contribution < 1.29 is 9.53 Å². The van der Waals surface area contributed by atoms with Crippen LogP contribution in [0.2, 0.25) is 0 Å². The molecule has 0 radical (unpaired) electrons. The standard InChI is InChI=1S/C12H20O2/c1-11(10-13)8-9-12(14-11)6-4-2-3-5-7-12/h10H,2-9H2,1H3. The van der Waals surface area contributed by atoms with E-state index in [0.717, 1.165) is 32.0 Å². The van der Waals surface area contributed by atoms with Crippen molar-refractivity contribution in [1.82, 2.24) is 0 Å². The Balaban J connectivity index is 2.06. The van der Waals surface area contributed by atoms with Gasteiger partial charge in [0.15, 0.2) is 6.29 Å². The predicted octanol–water partition coefficient (Wildman–Crippen LogP) is 2.85. The van der Waals surface area contributed by atoms with Gasteiger partial charge in [0, 0.05) is 0 Å². The molecular formula is C12H20O2. The number of carbonyl (C=O) groups is 1. The molecule has 2 rings (SSSR count). The number of ether oxygens (including phenoxy) is 1. The molecule has 1 unspecified atom stereocenters. The molecule has 1 aliphatic heterocycles. The van der Waals surface area contributed by atoms with E-state index in [1.54, 1.807) is 0 Å². The van der Waals surface area contributed by atoms with Crippen LogP contribution >= 0.6 is 0 Å². The van der Waals surface area contributed by atoms with E-state index in [9.17, 15) is 4.79 Å². The average Bonchev–Trinajstić information content (AvgIpc) is 2.36. The fourth-order valence-electron chi connectivity index (χ4n) is 2.88. The molecule has 0 bridgehead atoms. The molecule has 0 aromatic heterocycles. The Bertz CT molecular complexity index is 216. The lowest BCUT2D eigenvalue weighted by atomic mass is 9.90. The lowest BCUT2D eigenvalue weighted by molar-refractivity contribution is -0.139. The maximum absolute atomic E-state index is 10.9. The van der Waals surface area contributed by atoms with Gasteiger partial charge >= 0.3 is 0 Å². The first-order chi connectivity index (χ1) is 6.68. The van der Waals surface area contributed by atoms with Crippen molar-refractivity contribution in [2.75, 3.05) is 0 Å². The van der Waals surface area contributed by atoms with E-state index in [-0.39, 0.29) is 5.60 Å². The first kappa shape index (κ1) is 10.2. The maximum Gasteiger partial charge on any atom is 0.151 e. The second kappa shape index (κ2) is 3.65. The minimum absolute atomic E-state index is 0.0617. The highest BCUT2D eigenvalue weighted by Gasteiger charge is 2.46. The van der Waals surface area contributed by atoms with Crippen LogP contribution < -0.4 is 0 Å². The summed E-state index contributed by atoms with van der Waals surface area (Å²) in [5, 5.41) is 0. The monoisotopic (exact) mass is 196 g/mol. The molecule has 1 saturated carbocycles. The largest absolute Gasteiger partial charge is 0.361 e. The average molecular weight is 196 g/mol. The van der Waals surface area contributed by atoms with Crippen molar-refractivity contribution in [3.05, 3.63) is 0 Å². The van der Waals surface area contributed by atoms with Crippen LogP contribution in [0, 0.1) is 0 Å². The minimum atomic E-state index is -0.482. The van der Waals surface area contributed by atoms with Gasteiger partial charge in [-0.15, -0.1) is 0 Å². The lowest BCUT2D eigenvalue weighted by Gasteiger charge is -2.30. The van der Waals surface area contributed by atoms with Gasteiger partial charge in [0.05, 0.1) is 5.60 Å². The van der Waals surface area contributed by atoms with Crippen LogP contribution in [-0.2, 0) is 9.53 Å². The van der Waals surface area contributed by atoms with E-state index in [2.05, 4.69) is 0 Å². The van der Waals surface area contributed by atoms with Crippen LogP contribution in [0.1, 0.15) is 58.3 Å². The summed E-state index contributed by atoms with van der Waals surface area (Å²) >= 11 is 0. The van der Waals surface area contributed by atoms with Gasteiger partial charge in [-0.1, -0.05) is 25.7 Å². The van der Waals surface area contributed by atoms with Gasteiger partial charge in [-0.05, 0) is 32.6 Å². The Morgan fingerprint density at radius 3 is 2.14 bits per heavy atom. The zero-order chi connectivity index (χ0) is 10.1. The summed E-state index contributed by atoms with van der Waals surface area (Å²) in [5.41, 5.74) is -0.420. The third-order valence-electron chi connectivity index (χ3n) is 3.79. The van der Waals surface area contributed by atoms with Crippen molar-refractivity contribution in [2.24, 2.45) is 0 Å². The first-order valence-corrected chi connectivity index (χ1v) is 5.85. The minimum Gasteiger partial charge on any atom is -0.361 e. The van der Waals surface area contributed by atoms with Crippen molar-refractivity contribution in [3.8, 4) is 0 Å². The quantitative estimate of drug-likeness (QED) is 0.603. The fourth-order valence-corrected chi connectivity index (χ4v) is 2.88. The lowest BCUT2D eigenvalue weighted by Crippen LogP contribution is -2.34. The molecular weight excluding hydrogens is 176 g/mol. The number of hydrogen-bond donors (Lipinski definition) is 0. The van der Waals surface area contributed by atoms with E-state index in [1.807, 2.05) is 6.92 Å². The van der Waals surface area contributed by atoms with Crippen LogP contribution in [0.4, 0.5) is 0 Å². The molecule has 2 nitrogen and oxygen atoms in total. The highest BCUT2D eigenvalue weighted by Crippen LogP contribution is 2.44. The molecule has 0 N–H and O–H groups in total. The highest BCUT2D eigenvalue weighted by molar-refractivity contribution is 5.62. The summed E-state index contributed by atoms with van der Waals surface area (Å²) < 4.78 is 6.04. The van der Waals surface area contributed by atoms with Crippen LogP contribution in [0.25, 0.3) is 0 Å². The van der Waals surface area contributed by atoms with E-state index in [1.165, 1.54) is 25.7 Å². The molecule has 0 aromatic carbocycles. The van der Waals surface area contributed by atoms with Gasteiger partial charge in [0.1, 0.15) is 5.60 Å². The smallest absolute Gasteiger partial charge is 0.151 e. The van der Waals surface area contributed by atoms with E-state index in [4.69, 9.17) is 4.74 Å². The Kier molecular flexibility index (Phi) is 2.65. The molecule has 0 amide bonds. The number of rotatable bonds is 1. The third kappa shape index (κ3) is 1.85. The molecule has 1 spiro atoms. The van der Waals surface area contributed by atoms with Crippen molar-refractivity contribution >= 4 is 6.29 Å². The van der Waals surface area contributed by atoms with Gasteiger partial charge in [-0.25, -0.2) is 0 Å². The zero-order valence-electron chi connectivity index (χ0n) is 9.05. The molecule has 0 aromatic rings. The van der Waals surface area contributed by atoms with E-state index >= 15 is 0 Å². The summed E-state index contributed by atoms with van der Waals surface area (Å²) in [4.78, 5) is 10.9. The maximum atomic E-state index is 10.9. The van der Waals surface area contributed by atoms with E-state index < -0.39 is 5.60 Å². The molecule has 1 aliphatic carbocycles. The summed E-state index contributed by atoms with van der Waals surface area (Å²) in [6.07, 6.45) is 10.5. The van der Waals surface area contributed by atoms with Crippen LogP contribution in [0.15, 0.2) is 0 Å². The Morgan fingerprint density at radius 2 is 1.64 bits per heavy atom. The Morgan fingerprint density at radius 1 is 1.00 bits per heavy atom. The molecule has 2 fully saturated rings. The van der Waals surface area contributed by atoms with Crippen molar-refractivity contribution in [3.63, 3.8) is 0 Å². The van der Waals surface area contributed by atoms with Crippen molar-refractivity contribution in [2.45, 2.75) is 69.5 Å². The summed E-state index contributed by atoms with van der Waals surface area (Å²) in [5.74, 6) is 0. The molecule has 2 aliphatic rings. The SMILES string of the molecule is CC1(C=O)CCC2(CCCCCC2)O1. The molecule has 14 heavy (non-hydrogen) atoms. The van der Waals surface area contributed by atoms with Crippen LogP contribution in [0.3, 0.4) is 0 Å². The topological polar surface area (TPSA) is 26.3 Å². The number of hydrogen-bond acceptors (Lipinski definition) is 2. The Labute approximate surface area is 86.0 Å². The normalized spacial score (nSPS) is 36.9. The molecule has 1 heterocycles. The highest BCUT2D eigenvalue weighted by atomic mass is 16.5. The molecule has 2 heteroatoms. The summed E-state index contributed by atoms with van der Waals surface area (Å²) in [6.45, 7) is 1.93. The van der Waals surface area contributed by atoms with Crippen LogP contribution in [0.5, 0.6) is 0 Å². The van der Waals surface area contributed by atoms with Gasteiger partial charge in [0.2, 0.25) is 0 Å². The molecule has 1 saturated heterocycles. The van der Waals surface area contributed by atoms with Gasteiger partial charge < -0.3 is 9.53 Å². The summed E-state index contributed by atoms with van der Waals surface area (Å²) in [6, 6.07) is 0.